The van der Waals surface area contributed by atoms with Gasteiger partial charge in [-0.25, -0.2) is 0 Å². The molecule has 1 N–H and O–H groups in total. The fourth-order valence-corrected chi connectivity index (χ4v) is 6.73. The van der Waals surface area contributed by atoms with Crippen molar-refractivity contribution < 1.29 is 9.84 Å². The first-order chi connectivity index (χ1) is 11.1. The number of aryl methyl sites for hydroxylation is 1. The predicted molar refractivity (Wildman–Crippen MR) is 90.6 cm³/mol. The van der Waals surface area contributed by atoms with Crippen LogP contribution in [0.25, 0.3) is 0 Å². The maximum absolute atomic E-state index is 10.9. The number of fused-ring (bicyclic) bond motifs is 4. The van der Waals surface area contributed by atoms with Crippen molar-refractivity contribution in [2.75, 3.05) is 7.11 Å². The first kappa shape index (κ1) is 14.1. The first-order valence-corrected chi connectivity index (χ1v) is 9.13. The molecule has 23 heavy (non-hydrogen) atoms. The van der Waals surface area contributed by atoms with E-state index in [1.54, 1.807) is 12.7 Å². The highest BCUT2D eigenvalue weighted by Gasteiger charge is 2.67. The van der Waals surface area contributed by atoms with Gasteiger partial charge in [0.05, 0.1) is 13.2 Å². The van der Waals surface area contributed by atoms with Crippen molar-refractivity contribution in [3.63, 3.8) is 0 Å². The molecule has 1 spiro atoms. The quantitative estimate of drug-likeness (QED) is 0.792. The van der Waals surface area contributed by atoms with Crippen LogP contribution in [0, 0.1) is 22.7 Å². The SMILES string of the molecule is COc1ccc2c(c1)CC[C@@H]1[C@@H]2CC[C@]2(C)[C@H](O)[C@H]3C=C[C@@]12C3. The number of aliphatic hydroxyl groups excluding tert-OH is 1. The van der Waals surface area contributed by atoms with Crippen molar-refractivity contribution in [1.29, 1.82) is 0 Å². The molecule has 2 heteroatoms. The molecule has 0 amide bonds. The second-order valence-corrected chi connectivity index (χ2v) is 8.48. The lowest BCUT2D eigenvalue weighted by atomic mass is 9.47. The number of rotatable bonds is 1. The summed E-state index contributed by atoms with van der Waals surface area (Å²) in [5.74, 6) is 2.74. The lowest BCUT2D eigenvalue weighted by molar-refractivity contribution is -0.0732. The van der Waals surface area contributed by atoms with Gasteiger partial charge in [0.25, 0.3) is 0 Å². The van der Waals surface area contributed by atoms with E-state index in [1.807, 2.05) is 0 Å². The van der Waals surface area contributed by atoms with Gasteiger partial charge in [0.1, 0.15) is 5.75 Å². The molecule has 5 rings (SSSR count). The van der Waals surface area contributed by atoms with Crippen LogP contribution in [0.2, 0.25) is 0 Å². The van der Waals surface area contributed by atoms with Crippen molar-refractivity contribution in [2.24, 2.45) is 22.7 Å². The molecule has 0 radical (unpaired) electrons. The minimum atomic E-state index is -0.134. The smallest absolute Gasteiger partial charge is 0.119 e. The molecule has 2 saturated carbocycles. The summed E-state index contributed by atoms with van der Waals surface area (Å²) in [7, 11) is 1.75. The molecule has 6 atom stereocenters. The van der Waals surface area contributed by atoms with Gasteiger partial charge < -0.3 is 9.84 Å². The Kier molecular flexibility index (Phi) is 2.71. The number of hydrogen-bond acceptors (Lipinski definition) is 2. The summed E-state index contributed by atoms with van der Waals surface area (Å²) in [6.07, 6.45) is 10.7. The summed E-state index contributed by atoms with van der Waals surface area (Å²) < 4.78 is 5.42. The van der Waals surface area contributed by atoms with Gasteiger partial charge in [-0.15, -0.1) is 0 Å². The van der Waals surface area contributed by atoms with Gasteiger partial charge in [0.15, 0.2) is 0 Å². The van der Waals surface area contributed by atoms with Crippen molar-refractivity contribution in [3.05, 3.63) is 41.5 Å². The van der Waals surface area contributed by atoms with E-state index in [9.17, 15) is 5.11 Å². The monoisotopic (exact) mass is 310 g/mol. The largest absolute Gasteiger partial charge is 0.497 e. The molecular weight excluding hydrogens is 284 g/mol. The third-order valence-electron chi connectivity index (χ3n) is 7.93. The number of hydrogen-bond donors (Lipinski definition) is 1. The lowest BCUT2D eigenvalue weighted by Crippen LogP contribution is -2.52. The third kappa shape index (κ3) is 1.54. The molecule has 0 heterocycles. The molecule has 2 bridgehead atoms. The van der Waals surface area contributed by atoms with Crippen LogP contribution < -0.4 is 4.74 Å². The first-order valence-electron chi connectivity index (χ1n) is 9.13. The summed E-state index contributed by atoms with van der Waals surface area (Å²) >= 11 is 0. The van der Waals surface area contributed by atoms with Gasteiger partial charge >= 0.3 is 0 Å². The Morgan fingerprint density at radius 3 is 2.96 bits per heavy atom. The molecule has 122 valence electrons. The number of allylic oxidation sites excluding steroid dienone is 1. The molecule has 0 saturated heterocycles. The van der Waals surface area contributed by atoms with Crippen LogP contribution >= 0.6 is 0 Å². The zero-order valence-corrected chi connectivity index (χ0v) is 14.1. The normalized spacial score (nSPS) is 46.2. The molecule has 0 aromatic heterocycles. The second-order valence-electron chi connectivity index (χ2n) is 8.48. The molecule has 4 aliphatic carbocycles. The van der Waals surface area contributed by atoms with E-state index in [0.29, 0.717) is 17.8 Å². The highest BCUT2D eigenvalue weighted by Crippen LogP contribution is 2.72. The van der Waals surface area contributed by atoms with E-state index in [-0.39, 0.29) is 16.9 Å². The van der Waals surface area contributed by atoms with E-state index in [4.69, 9.17) is 4.74 Å². The number of aliphatic hydroxyl groups is 1. The molecular formula is C21H26O2. The third-order valence-corrected chi connectivity index (χ3v) is 7.93. The van der Waals surface area contributed by atoms with E-state index in [0.717, 1.165) is 18.6 Å². The summed E-state index contributed by atoms with van der Waals surface area (Å²) in [4.78, 5) is 0. The Hall–Kier alpha value is -1.28. The van der Waals surface area contributed by atoms with Crippen LogP contribution in [0.4, 0.5) is 0 Å². The topological polar surface area (TPSA) is 29.5 Å². The Balaban J connectivity index is 1.59. The van der Waals surface area contributed by atoms with Crippen LogP contribution in [-0.4, -0.2) is 18.3 Å². The van der Waals surface area contributed by atoms with Gasteiger partial charge in [-0.2, -0.15) is 0 Å². The Morgan fingerprint density at radius 2 is 2.13 bits per heavy atom. The van der Waals surface area contributed by atoms with Gasteiger partial charge in [0.2, 0.25) is 0 Å². The second kappa shape index (κ2) is 4.42. The highest BCUT2D eigenvalue weighted by atomic mass is 16.5. The van der Waals surface area contributed by atoms with E-state index < -0.39 is 0 Å². The minimum absolute atomic E-state index is 0.0948. The maximum atomic E-state index is 10.9. The Morgan fingerprint density at radius 1 is 1.26 bits per heavy atom. The fraction of sp³-hybridized carbons (Fsp3) is 0.619. The van der Waals surface area contributed by atoms with Gasteiger partial charge in [0, 0.05) is 16.7 Å². The van der Waals surface area contributed by atoms with Crippen LogP contribution in [0.3, 0.4) is 0 Å². The van der Waals surface area contributed by atoms with Crippen molar-refractivity contribution in [1.82, 2.24) is 0 Å². The lowest BCUT2D eigenvalue weighted by Gasteiger charge is -2.57. The summed E-state index contributed by atoms with van der Waals surface area (Å²) in [5, 5.41) is 10.9. The average molecular weight is 310 g/mol. The van der Waals surface area contributed by atoms with Crippen molar-refractivity contribution >= 4 is 0 Å². The molecule has 1 aromatic carbocycles. The van der Waals surface area contributed by atoms with E-state index >= 15 is 0 Å². The predicted octanol–water partition coefficient (Wildman–Crippen LogP) is 4.08. The molecule has 1 aromatic rings. The Labute approximate surface area is 138 Å². The molecule has 4 aliphatic rings. The van der Waals surface area contributed by atoms with Gasteiger partial charge in [-0.1, -0.05) is 25.1 Å². The Bertz CT molecular complexity index is 693. The number of methoxy groups -OCH3 is 1. The molecule has 2 fully saturated rings. The van der Waals surface area contributed by atoms with Crippen LogP contribution in [-0.2, 0) is 6.42 Å². The zero-order chi connectivity index (χ0) is 15.8. The molecule has 0 unspecified atom stereocenters. The highest BCUT2D eigenvalue weighted by molar-refractivity contribution is 5.43. The van der Waals surface area contributed by atoms with Gasteiger partial charge in [-0.05, 0) is 67.2 Å². The van der Waals surface area contributed by atoms with Crippen molar-refractivity contribution in [2.45, 2.75) is 51.0 Å². The van der Waals surface area contributed by atoms with Crippen molar-refractivity contribution in [3.8, 4) is 5.75 Å². The minimum Gasteiger partial charge on any atom is -0.497 e. The van der Waals surface area contributed by atoms with E-state index in [2.05, 4.69) is 37.3 Å². The van der Waals surface area contributed by atoms with Gasteiger partial charge in [-0.3, -0.25) is 0 Å². The summed E-state index contributed by atoms with van der Waals surface area (Å²) in [6, 6.07) is 6.68. The van der Waals surface area contributed by atoms with Crippen LogP contribution in [0.1, 0.15) is 49.7 Å². The molecule has 2 nitrogen and oxygen atoms in total. The maximum Gasteiger partial charge on any atom is 0.119 e. The standard InChI is InChI=1S/C21H26O2/c1-20-9-8-17-16-5-4-15(23-2)11-13(16)3-6-18(17)21(20)10-7-14(12-21)19(20)22/h4-5,7,10-11,14,17-19,22H,3,6,8-9,12H2,1-2H3/t14-,17+,18+,19+,20+,21+/m0/s1. The zero-order valence-electron chi connectivity index (χ0n) is 14.1. The van der Waals surface area contributed by atoms with E-state index in [1.165, 1.54) is 24.8 Å². The molecule has 0 aliphatic heterocycles. The number of benzene rings is 1. The summed E-state index contributed by atoms with van der Waals surface area (Å²) in [6.45, 7) is 2.36. The number of ether oxygens (including phenoxy) is 1. The van der Waals surface area contributed by atoms with Crippen LogP contribution in [0.15, 0.2) is 30.4 Å². The van der Waals surface area contributed by atoms with Crippen LogP contribution in [0.5, 0.6) is 5.75 Å². The fourth-order valence-electron chi connectivity index (χ4n) is 6.73. The summed E-state index contributed by atoms with van der Waals surface area (Å²) in [5.41, 5.74) is 3.37. The average Bonchev–Trinajstić information content (AvgIpc) is 3.11.